The van der Waals surface area contributed by atoms with Crippen molar-refractivity contribution in [2.45, 2.75) is 20.1 Å². The average molecular weight is 441 g/mol. The summed E-state index contributed by atoms with van der Waals surface area (Å²) in [6, 6.07) is 5.12. The molecule has 0 fully saturated rings. The van der Waals surface area contributed by atoms with Crippen LogP contribution in [-0.2, 0) is 32.3 Å². The summed E-state index contributed by atoms with van der Waals surface area (Å²) < 4.78 is 49.1. The second kappa shape index (κ2) is 13.5. The fraction of sp³-hybridized carbons (Fsp3) is 0.667. The summed E-state index contributed by atoms with van der Waals surface area (Å²) in [6.07, 6.45) is -0.556. The highest BCUT2D eigenvalue weighted by atomic mass is 35.5. The van der Waals surface area contributed by atoms with Gasteiger partial charge in [0.25, 0.3) is 0 Å². The third kappa shape index (κ3) is 8.76. The predicted molar refractivity (Wildman–Crippen MR) is 106 cm³/mol. The fourth-order valence-electron chi connectivity index (χ4n) is 2.18. The second-order valence-electron chi connectivity index (χ2n) is 5.86. The van der Waals surface area contributed by atoms with E-state index in [2.05, 4.69) is 0 Å². The first-order chi connectivity index (χ1) is 13.4. The maximum absolute atomic E-state index is 12.4. The lowest BCUT2D eigenvalue weighted by molar-refractivity contribution is -0.105. The Morgan fingerprint density at radius 1 is 1.07 bits per heavy atom. The Bertz CT molecular complexity index is 611. The Hall–Kier alpha value is -0.700. The van der Waals surface area contributed by atoms with Crippen LogP contribution < -0.4 is 4.74 Å². The summed E-state index contributed by atoms with van der Waals surface area (Å²) in [7, 11) is 0.688. The molecule has 1 rings (SSSR count). The summed E-state index contributed by atoms with van der Waals surface area (Å²) in [5, 5.41) is 0.446. The molecule has 0 aliphatic rings. The maximum Gasteiger partial charge on any atom is 0.474 e. The second-order valence-corrected chi connectivity index (χ2v) is 8.04. The minimum atomic E-state index is -3.64. The number of halogens is 1. The third-order valence-electron chi connectivity index (χ3n) is 3.60. The Kier molecular flexibility index (Phi) is 12.2. The van der Waals surface area contributed by atoms with Gasteiger partial charge in [0, 0.05) is 39.4 Å². The average Bonchev–Trinajstić information content (AvgIpc) is 2.70. The van der Waals surface area contributed by atoms with Gasteiger partial charge in [-0.2, -0.15) is 0 Å². The Morgan fingerprint density at radius 3 is 2.36 bits per heavy atom. The zero-order valence-electron chi connectivity index (χ0n) is 17.0. The van der Waals surface area contributed by atoms with Crippen molar-refractivity contribution < 1.29 is 37.1 Å². The number of benzene rings is 1. The number of hydrogen-bond donors (Lipinski definition) is 0. The van der Waals surface area contributed by atoms with Gasteiger partial charge in [-0.1, -0.05) is 18.5 Å². The van der Waals surface area contributed by atoms with Crippen LogP contribution in [0.3, 0.4) is 0 Å². The first-order valence-electron chi connectivity index (χ1n) is 8.89. The van der Waals surface area contributed by atoms with Crippen LogP contribution in [0.1, 0.15) is 25.7 Å². The topological polar surface area (TPSA) is 81.7 Å². The smallest absolute Gasteiger partial charge is 0.474 e. The molecule has 2 unspecified atom stereocenters. The van der Waals surface area contributed by atoms with Crippen molar-refractivity contribution >= 4 is 19.4 Å². The lowest BCUT2D eigenvalue weighted by Gasteiger charge is -2.19. The highest BCUT2D eigenvalue weighted by Crippen LogP contribution is 2.48. The fourth-order valence-corrected chi connectivity index (χ4v) is 3.46. The van der Waals surface area contributed by atoms with Gasteiger partial charge in [-0.25, -0.2) is 4.57 Å². The zero-order chi connectivity index (χ0) is 21.0. The molecule has 8 nitrogen and oxygen atoms in total. The number of phosphoric ester groups is 1. The first kappa shape index (κ1) is 25.3. The maximum atomic E-state index is 12.4. The van der Waals surface area contributed by atoms with Crippen LogP contribution in [0.15, 0.2) is 18.2 Å². The summed E-state index contributed by atoms with van der Waals surface area (Å²) in [5.41, 5.74) is 0.689. The number of ether oxygens (including phenoxy) is 4. The van der Waals surface area contributed by atoms with E-state index in [0.29, 0.717) is 29.5 Å². The van der Waals surface area contributed by atoms with Gasteiger partial charge in [0.15, 0.2) is 6.29 Å². The number of phosphoric acid groups is 1. The van der Waals surface area contributed by atoms with Crippen molar-refractivity contribution in [2.24, 2.45) is 5.92 Å². The lowest BCUT2D eigenvalue weighted by Crippen LogP contribution is -2.14. The molecule has 0 spiro atoms. The van der Waals surface area contributed by atoms with E-state index >= 15 is 0 Å². The zero-order valence-corrected chi connectivity index (χ0v) is 18.7. The molecular formula is C18H30ClO8P. The molecule has 0 aromatic heterocycles. The van der Waals surface area contributed by atoms with E-state index in [0.717, 1.165) is 0 Å². The monoisotopic (exact) mass is 440 g/mol. The third-order valence-corrected chi connectivity index (χ3v) is 5.34. The van der Waals surface area contributed by atoms with Crippen LogP contribution in [0.4, 0.5) is 0 Å². The van der Waals surface area contributed by atoms with Crippen molar-refractivity contribution in [3.63, 3.8) is 0 Å². The molecule has 0 aliphatic heterocycles. The van der Waals surface area contributed by atoms with Gasteiger partial charge in [-0.15, -0.1) is 0 Å². The largest absolute Gasteiger partial charge is 0.491 e. The van der Waals surface area contributed by atoms with Gasteiger partial charge >= 0.3 is 7.82 Å². The van der Waals surface area contributed by atoms with E-state index in [1.807, 2.05) is 13.8 Å². The van der Waals surface area contributed by atoms with Gasteiger partial charge in [0.1, 0.15) is 12.4 Å². The van der Waals surface area contributed by atoms with E-state index in [9.17, 15) is 4.57 Å². The van der Waals surface area contributed by atoms with Crippen molar-refractivity contribution in [1.29, 1.82) is 0 Å². The lowest BCUT2D eigenvalue weighted by atomic mass is 10.2. The first-order valence-corrected chi connectivity index (χ1v) is 10.7. The molecule has 28 heavy (non-hydrogen) atoms. The molecule has 0 radical (unpaired) electrons. The molecule has 10 heteroatoms. The van der Waals surface area contributed by atoms with E-state index in [-0.39, 0.29) is 25.7 Å². The summed E-state index contributed by atoms with van der Waals surface area (Å²) in [4.78, 5) is 0. The highest BCUT2D eigenvalue weighted by molar-refractivity contribution is 7.48. The molecule has 162 valence electrons. The van der Waals surface area contributed by atoms with Gasteiger partial charge in [0.05, 0.1) is 24.8 Å². The van der Waals surface area contributed by atoms with E-state index in [4.69, 9.17) is 44.1 Å². The normalized spacial score (nSPS) is 14.8. The Balaban J connectivity index is 2.45. The SMILES string of the molecule is CCOCC(C)COP(=O)(OC)OCCOc1ccc(C(OC)OC)c(Cl)c1. The van der Waals surface area contributed by atoms with Crippen LogP contribution in [0.2, 0.25) is 5.02 Å². The van der Waals surface area contributed by atoms with E-state index in [1.54, 1.807) is 18.2 Å². The summed E-state index contributed by atoms with van der Waals surface area (Å²) in [5.74, 6) is 0.591. The molecule has 1 aromatic rings. The molecule has 2 atom stereocenters. The van der Waals surface area contributed by atoms with Gasteiger partial charge in [-0.3, -0.25) is 13.6 Å². The number of rotatable bonds is 15. The molecular weight excluding hydrogens is 411 g/mol. The van der Waals surface area contributed by atoms with E-state index < -0.39 is 14.1 Å². The van der Waals surface area contributed by atoms with Crippen molar-refractivity contribution in [3.05, 3.63) is 28.8 Å². The summed E-state index contributed by atoms with van der Waals surface area (Å²) in [6.45, 7) is 5.30. The molecule has 0 saturated carbocycles. The minimum absolute atomic E-state index is 0.0170. The van der Waals surface area contributed by atoms with Crippen LogP contribution in [0, 0.1) is 5.92 Å². The highest BCUT2D eigenvalue weighted by Gasteiger charge is 2.25. The van der Waals surface area contributed by atoms with Crippen molar-refractivity contribution in [1.82, 2.24) is 0 Å². The predicted octanol–water partition coefficient (Wildman–Crippen LogP) is 4.47. The molecule has 0 bridgehead atoms. The van der Waals surface area contributed by atoms with Crippen LogP contribution in [-0.4, -0.2) is 54.4 Å². The van der Waals surface area contributed by atoms with E-state index in [1.165, 1.54) is 21.3 Å². The summed E-state index contributed by atoms with van der Waals surface area (Å²) >= 11 is 6.23. The van der Waals surface area contributed by atoms with Gasteiger partial charge in [0.2, 0.25) is 0 Å². The van der Waals surface area contributed by atoms with Crippen LogP contribution in [0.25, 0.3) is 0 Å². The molecule has 1 aromatic carbocycles. The number of hydrogen-bond acceptors (Lipinski definition) is 8. The minimum Gasteiger partial charge on any atom is -0.491 e. The van der Waals surface area contributed by atoms with Gasteiger partial charge in [-0.05, 0) is 25.1 Å². The quantitative estimate of drug-likeness (QED) is 0.224. The number of methoxy groups -OCH3 is 2. The molecule has 0 aliphatic carbocycles. The van der Waals surface area contributed by atoms with Gasteiger partial charge < -0.3 is 18.9 Å². The molecule has 0 N–H and O–H groups in total. The molecule has 0 heterocycles. The van der Waals surface area contributed by atoms with Crippen LogP contribution >= 0.6 is 19.4 Å². The van der Waals surface area contributed by atoms with Crippen molar-refractivity contribution in [2.75, 3.05) is 54.4 Å². The Morgan fingerprint density at radius 2 is 1.79 bits per heavy atom. The molecule has 0 saturated heterocycles. The van der Waals surface area contributed by atoms with Crippen LogP contribution in [0.5, 0.6) is 5.75 Å². The Labute approximate surface area is 171 Å². The molecule has 0 amide bonds. The van der Waals surface area contributed by atoms with Crippen molar-refractivity contribution in [3.8, 4) is 5.75 Å². The standard InChI is InChI=1S/C18H30ClO8P/c1-6-24-12-14(2)13-27-28(20,23-5)26-10-9-25-15-7-8-16(17(19)11-15)18(21-3)22-4/h7-8,11,14,18H,6,9-10,12-13H2,1-5H3.